The minimum atomic E-state index is 0.0683. The maximum atomic E-state index is 5.46. The number of rotatable bonds is 4. The van der Waals surface area contributed by atoms with Gasteiger partial charge in [0, 0.05) is 37.9 Å². The molecule has 0 aromatic carbocycles. The Morgan fingerprint density at radius 3 is 2.70 bits per heavy atom. The van der Waals surface area contributed by atoms with Gasteiger partial charge in [0.1, 0.15) is 5.82 Å². The third-order valence-electron chi connectivity index (χ3n) is 3.82. The van der Waals surface area contributed by atoms with Gasteiger partial charge in [-0.1, -0.05) is 20.8 Å². The predicted molar refractivity (Wildman–Crippen MR) is 83.3 cm³/mol. The zero-order valence-corrected chi connectivity index (χ0v) is 13.4. The number of ether oxygens (including phenoxy) is 1. The molecule has 1 saturated heterocycles. The van der Waals surface area contributed by atoms with E-state index in [9.17, 15) is 0 Å². The van der Waals surface area contributed by atoms with Gasteiger partial charge < -0.3 is 15.0 Å². The van der Waals surface area contributed by atoms with Crippen LogP contribution < -0.4 is 10.2 Å². The van der Waals surface area contributed by atoms with Crippen molar-refractivity contribution in [1.82, 2.24) is 10.3 Å². The molecular weight excluding hydrogens is 250 g/mol. The molecule has 1 unspecified atom stereocenters. The Bertz CT molecular complexity index is 454. The topological polar surface area (TPSA) is 37.4 Å². The van der Waals surface area contributed by atoms with Gasteiger partial charge in [0.2, 0.25) is 0 Å². The van der Waals surface area contributed by atoms with Crippen LogP contribution in [-0.4, -0.2) is 38.3 Å². The van der Waals surface area contributed by atoms with Gasteiger partial charge in [-0.25, -0.2) is 4.98 Å². The summed E-state index contributed by atoms with van der Waals surface area (Å²) in [6, 6.07) is 4.41. The van der Waals surface area contributed by atoms with Crippen LogP contribution in [0.2, 0.25) is 0 Å². The number of pyridine rings is 1. The molecule has 4 nitrogen and oxygen atoms in total. The zero-order valence-electron chi connectivity index (χ0n) is 13.4. The highest BCUT2D eigenvalue weighted by Crippen LogP contribution is 2.27. The molecule has 0 spiro atoms. The molecule has 1 aliphatic heterocycles. The van der Waals surface area contributed by atoms with Gasteiger partial charge in [-0.15, -0.1) is 0 Å². The highest BCUT2D eigenvalue weighted by atomic mass is 16.5. The summed E-state index contributed by atoms with van der Waals surface area (Å²) < 4.78 is 5.46. The number of anilines is 1. The number of hydrogen-bond acceptors (Lipinski definition) is 4. The molecule has 112 valence electrons. The molecule has 1 N–H and O–H groups in total. The average molecular weight is 277 g/mol. The van der Waals surface area contributed by atoms with Crippen molar-refractivity contribution in [3.63, 3.8) is 0 Å². The monoisotopic (exact) mass is 277 g/mol. The summed E-state index contributed by atoms with van der Waals surface area (Å²) in [6.45, 7) is 9.48. The number of nitrogens with one attached hydrogen (secondary N) is 1. The van der Waals surface area contributed by atoms with E-state index in [1.54, 1.807) is 7.11 Å². The first kappa shape index (κ1) is 15.3. The van der Waals surface area contributed by atoms with Gasteiger partial charge in [0.25, 0.3) is 0 Å². The average Bonchev–Trinajstić information content (AvgIpc) is 2.86. The van der Waals surface area contributed by atoms with Gasteiger partial charge in [-0.3, -0.25) is 0 Å². The van der Waals surface area contributed by atoms with Crippen LogP contribution in [0.5, 0.6) is 0 Å². The summed E-state index contributed by atoms with van der Waals surface area (Å²) in [5, 5.41) is 3.23. The summed E-state index contributed by atoms with van der Waals surface area (Å²) in [6.07, 6.45) is 1.42. The molecule has 1 aliphatic rings. The van der Waals surface area contributed by atoms with Crippen molar-refractivity contribution in [2.75, 3.05) is 32.1 Å². The number of hydrogen-bond donors (Lipinski definition) is 1. The van der Waals surface area contributed by atoms with Crippen LogP contribution >= 0.6 is 0 Å². The molecule has 0 bridgehead atoms. The SMILES string of the molecule is CNCc1cc(N2CCC(OC)C2)nc(C(C)(C)C)c1. The molecular formula is C16H27N3O. The van der Waals surface area contributed by atoms with Gasteiger partial charge in [-0.2, -0.15) is 0 Å². The fourth-order valence-corrected chi connectivity index (χ4v) is 2.55. The van der Waals surface area contributed by atoms with Crippen LogP contribution in [0.3, 0.4) is 0 Å². The molecule has 0 radical (unpaired) electrons. The molecule has 1 aromatic rings. The van der Waals surface area contributed by atoms with Gasteiger partial charge >= 0.3 is 0 Å². The normalized spacial score (nSPS) is 19.6. The molecule has 0 aliphatic carbocycles. The second kappa shape index (κ2) is 6.10. The smallest absolute Gasteiger partial charge is 0.129 e. The maximum absolute atomic E-state index is 5.46. The first-order valence-electron chi connectivity index (χ1n) is 7.38. The Balaban J connectivity index is 2.30. The summed E-state index contributed by atoms with van der Waals surface area (Å²) >= 11 is 0. The quantitative estimate of drug-likeness (QED) is 0.916. The standard InChI is InChI=1S/C16H27N3O/c1-16(2,3)14-8-12(10-17-4)9-15(18-14)19-7-6-13(11-19)20-5/h8-9,13,17H,6-7,10-11H2,1-5H3. The first-order valence-corrected chi connectivity index (χ1v) is 7.38. The van der Waals surface area contributed by atoms with E-state index in [0.29, 0.717) is 6.10 Å². The lowest BCUT2D eigenvalue weighted by Gasteiger charge is -2.24. The fourth-order valence-electron chi connectivity index (χ4n) is 2.55. The van der Waals surface area contributed by atoms with E-state index in [1.165, 1.54) is 5.56 Å². The van der Waals surface area contributed by atoms with Crippen molar-refractivity contribution >= 4 is 5.82 Å². The van der Waals surface area contributed by atoms with E-state index in [-0.39, 0.29) is 5.41 Å². The molecule has 2 heterocycles. The summed E-state index contributed by atoms with van der Waals surface area (Å²) in [5.41, 5.74) is 2.52. The molecule has 4 heteroatoms. The molecule has 0 saturated carbocycles. The van der Waals surface area contributed by atoms with Crippen molar-refractivity contribution in [3.8, 4) is 0 Å². The fraction of sp³-hybridized carbons (Fsp3) is 0.688. The van der Waals surface area contributed by atoms with E-state index in [2.05, 4.69) is 43.1 Å². The van der Waals surface area contributed by atoms with Gasteiger partial charge in [0.15, 0.2) is 0 Å². The van der Waals surface area contributed by atoms with Crippen molar-refractivity contribution in [1.29, 1.82) is 0 Å². The van der Waals surface area contributed by atoms with Crippen molar-refractivity contribution in [3.05, 3.63) is 23.4 Å². The summed E-state index contributed by atoms with van der Waals surface area (Å²) in [5.74, 6) is 1.09. The van der Waals surface area contributed by atoms with Crippen LogP contribution in [0.1, 0.15) is 38.4 Å². The summed E-state index contributed by atoms with van der Waals surface area (Å²) in [4.78, 5) is 7.22. The number of methoxy groups -OCH3 is 1. The molecule has 1 atom stereocenters. The third kappa shape index (κ3) is 3.49. The second-order valence-electron chi connectivity index (χ2n) is 6.59. The summed E-state index contributed by atoms with van der Waals surface area (Å²) in [7, 11) is 3.77. The largest absolute Gasteiger partial charge is 0.380 e. The molecule has 2 rings (SSSR count). The predicted octanol–water partition coefficient (Wildman–Crippen LogP) is 2.32. The van der Waals surface area contributed by atoms with Gasteiger partial charge in [0.05, 0.1) is 6.10 Å². The number of nitrogens with zero attached hydrogens (tertiary/aromatic N) is 2. The highest BCUT2D eigenvalue weighted by molar-refractivity contribution is 5.45. The van der Waals surface area contributed by atoms with E-state index < -0.39 is 0 Å². The van der Waals surface area contributed by atoms with Crippen LogP contribution in [0.25, 0.3) is 0 Å². The highest BCUT2D eigenvalue weighted by Gasteiger charge is 2.25. The lowest BCUT2D eigenvalue weighted by Crippen LogP contribution is -2.25. The maximum Gasteiger partial charge on any atom is 0.129 e. The Kier molecular flexibility index (Phi) is 4.66. The van der Waals surface area contributed by atoms with Crippen LogP contribution in [-0.2, 0) is 16.7 Å². The minimum absolute atomic E-state index is 0.0683. The molecule has 1 aromatic heterocycles. The Hall–Kier alpha value is -1.13. The van der Waals surface area contributed by atoms with Crippen molar-refractivity contribution < 1.29 is 4.74 Å². The van der Waals surface area contributed by atoms with Crippen LogP contribution in [0.4, 0.5) is 5.82 Å². The van der Waals surface area contributed by atoms with Gasteiger partial charge in [-0.05, 0) is 31.2 Å². The lowest BCUT2D eigenvalue weighted by atomic mass is 9.90. The van der Waals surface area contributed by atoms with Crippen LogP contribution in [0.15, 0.2) is 12.1 Å². The van der Waals surface area contributed by atoms with Crippen molar-refractivity contribution in [2.45, 2.75) is 45.3 Å². The zero-order chi connectivity index (χ0) is 14.8. The second-order valence-corrected chi connectivity index (χ2v) is 6.59. The van der Waals surface area contributed by atoms with E-state index in [0.717, 1.165) is 37.6 Å². The number of aromatic nitrogens is 1. The first-order chi connectivity index (χ1) is 9.44. The lowest BCUT2D eigenvalue weighted by molar-refractivity contribution is 0.121. The minimum Gasteiger partial charge on any atom is -0.380 e. The third-order valence-corrected chi connectivity index (χ3v) is 3.82. The Morgan fingerprint density at radius 1 is 1.40 bits per heavy atom. The van der Waals surface area contributed by atoms with Crippen molar-refractivity contribution in [2.24, 2.45) is 0 Å². The van der Waals surface area contributed by atoms with Crippen LogP contribution in [0, 0.1) is 0 Å². The molecule has 20 heavy (non-hydrogen) atoms. The Labute approximate surface area is 122 Å². The van der Waals surface area contributed by atoms with E-state index in [4.69, 9.17) is 9.72 Å². The Morgan fingerprint density at radius 2 is 2.15 bits per heavy atom. The molecule has 0 amide bonds. The van der Waals surface area contributed by atoms with E-state index in [1.807, 2.05) is 7.05 Å². The van der Waals surface area contributed by atoms with E-state index >= 15 is 0 Å². The molecule has 1 fully saturated rings.